The first kappa shape index (κ1) is 14.4. The molecular formula is C17H24N2O2. The maximum atomic E-state index is 11.6. The monoisotopic (exact) mass is 288 g/mol. The minimum atomic E-state index is 0.129. The molecule has 0 radical (unpaired) electrons. The van der Waals surface area contributed by atoms with Crippen LogP contribution in [0.4, 0.5) is 11.4 Å². The number of nitrogens with zero attached hydrogens (tertiary/aromatic N) is 1. The van der Waals surface area contributed by atoms with Gasteiger partial charge >= 0.3 is 0 Å². The number of hydrogen-bond donors (Lipinski definition) is 1. The van der Waals surface area contributed by atoms with Gasteiger partial charge in [0, 0.05) is 38.0 Å². The number of fused-ring (bicyclic) bond motifs is 1. The molecule has 114 valence electrons. The van der Waals surface area contributed by atoms with Crippen molar-refractivity contribution in [2.24, 2.45) is 0 Å². The Morgan fingerprint density at radius 1 is 1.38 bits per heavy atom. The molecule has 1 saturated carbocycles. The van der Waals surface area contributed by atoms with Crippen molar-refractivity contribution in [3.63, 3.8) is 0 Å². The molecule has 4 heteroatoms. The summed E-state index contributed by atoms with van der Waals surface area (Å²) in [5, 5.41) is 3.64. The predicted octanol–water partition coefficient (Wildman–Crippen LogP) is 2.97. The summed E-state index contributed by atoms with van der Waals surface area (Å²) in [7, 11) is 1.80. The topological polar surface area (TPSA) is 41.6 Å². The lowest BCUT2D eigenvalue weighted by Crippen LogP contribution is -2.31. The molecule has 1 amide bonds. The van der Waals surface area contributed by atoms with Gasteiger partial charge in [-0.15, -0.1) is 0 Å². The molecule has 2 unspecified atom stereocenters. The predicted molar refractivity (Wildman–Crippen MR) is 84.8 cm³/mol. The summed E-state index contributed by atoms with van der Waals surface area (Å²) < 4.78 is 5.49. The largest absolute Gasteiger partial charge is 0.382 e. The number of anilines is 2. The second-order valence-corrected chi connectivity index (χ2v) is 6.13. The zero-order valence-electron chi connectivity index (χ0n) is 12.9. The summed E-state index contributed by atoms with van der Waals surface area (Å²) in [4.78, 5) is 13.4. The van der Waals surface area contributed by atoms with Crippen LogP contribution in [0.1, 0.15) is 38.2 Å². The summed E-state index contributed by atoms with van der Waals surface area (Å²) in [6.45, 7) is 2.44. The van der Waals surface area contributed by atoms with Gasteiger partial charge in [0.05, 0.1) is 6.10 Å². The lowest BCUT2D eigenvalue weighted by atomic mass is 9.92. The highest BCUT2D eigenvalue weighted by atomic mass is 16.5. The highest BCUT2D eigenvalue weighted by Crippen LogP contribution is 2.31. The number of carbonyl (C=O) groups excluding carboxylic acids is 1. The van der Waals surface area contributed by atoms with Crippen LogP contribution in [0.5, 0.6) is 0 Å². The molecule has 1 N–H and O–H groups in total. The number of methoxy groups -OCH3 is 1. The Morgan fingerprint density at radius 3 is 3.00 bits per heavy atom. The van der Waals surface area contributed by atoms with Crippen LogP contribution in [0, 0.1) is 0 Å². The van der Waals surface area contributed by atoms with Crippen molar-refractivity contribution in [3.8, 4) is 0 Å². The lowest BCUT2D eigenvalue weighted by Gasteiger charge is -2.29. The molecule has 1 aromatic carbocycles. The number of nitrogens with one attached hydrogen (secondary N) is 1. The van der Waals surface area contributed by atoms with Crippen molar-refractivity contribution in [3.05, 3.63) is 23.8 Å². The van der Waals surface area contributed by atoms with Crippen LogP contribution in [-0.2, 0) is 16.0 Å². The molecular weight excluding hydrogens is 264 g/mol. The SMILES string of the molecule is COC1CCCC(Nc2ccc3c(c2)CCN3C(C)=O)C1. The van der Waals surface area contributed by atoms with Gasteiger partial charge in [-0.05, 0) is 55.9 Å². The van der Waals surface area contributed by atoms with E-state index in [4.69, 9.17) is 4.74 Å². The molecule has 1 aromatic rings. The van der Waals surface area contributed by atoms with Crippen LogP contribution < -0.4 is 10.2 Å². The molecule has 21 heavy (non-hydrogen) atoms. The van der Waals surface area contributed by atoms with E-state index < -0.39 is 0 Å². The Morgan fingerprint density at radius 2 is 2.24 bits per heavy atom. The molecule has 1 heterocycles. The van der Waals surface area contributed by atoms with E-state index in [-0.39, 0.29) is 5.91 Å². The number of ether oxygens (including phenoxy) is 1. The van der Waals surface area contributed by atoms with Gasteiger partial charge in [-0.2, -0.15) is 0 Å². The van der Waals surface area contributed by atoms with Crippen LogP contribution >= 0.6 is 0 Å². The fraction of sp³-hybridized carbons (Fsp3) is 0.588. The van der Waals surface area contributed by atoms with Gasteiger partial charge in [0.25, 0.3) is 0 Å². The Labute approximate surface area is 126 Å². The number of benzene rings is 1. The summed E-state index contributed by atoms with van der Waals surface area (Å²) >= 11 is 0. The molecule has 0 bridgehead atoms. The van der Waals surface area contributed by atoms with Crippen molar-refractivity contribution in [1.82, 2.24) is 0 Å². The highest BCUT2D eigenvalue weighted by Gasteiger charge is 2.24. The van der Waals surface area contributed by atoms with Gasteiger partial charge in [-0.25, -0.2) is 0 Å². The first-order valence-electron chi connectivity index (χ1n) is 7.87. The Hall–Kier alpha value is -1.55. The van der Waals surface area contributed by atoms with E-state index in [0.29, 0.717) is 12.1 Å². The molecule has 2 atom stereocenters. The fourth-order valence-corrected chi connectivity index (χ4v) is 3.54. The van der Waals surface area contributed by atoms with Crippen molar-refractivity contribution >= 4 is 17.3 Å². The summed E-state index contributed by atoms with van der Waals surface area (Å²) in [5.41, 5.74) is 3.52. The van der Waals surface area contributed by atoms with Gasteiger partial charge in [-0.3, -0.25) is 4.79 Å². The Kier molecular flexibility index (Phi) is 4.15. The number of amides is 1. The molecule has 1 aliphatic carbocycles. The number of rotatable bonds is 3. The molecule has 1 fully saturated rings. The van der Waals surface area contributed by atoms with Crippen LogP contribution in [-0.4, -0.2) is 31.7 Å². The third-order valence-electron chi connectivity index (χ3n) is 4.69. The molecule has 1 aliphatic heterocycles. The van der Waals surface area contributed by atoms with Gasteiger partial charge < -0.3 is 15.0 Å². The minimum Gasteiger partial charge on any atom is -0.382 e. The van der Waals surface area contributed by atoms with Crippen molar-refractivity contribution in [2.45, 2.75) is 51.2 Å². The van der Waals surface area contributed by atoms with Gasteiger partial charge in [-0.1, -0.05) is 0 Å². The van der Waals surface area contributed by atoms with Gasteiger partial charge in [0.15, 0.2) is 0 Å². The fourth-order valence-electron chi connectivity index (χ4n) is 3.54. The molecule has 4 nitrogen and oxygen atoms in total. The van der Waals surface area contributed by atoms with E-state index in [9.17, 15) is 4.79 Å². The second-order valence-electron chi connectivity index (χ2n) is 6.13. The third-order valence-corrected chi connectivity index (χ3v) is 4.69. The minimum absolute atomic E-state index is 0.129. The van der Waals surface area contributed by atoms with E-state index in [2.05, 4.69) is 23.5 Å². The normalized spacial score (nSPS) is 24.8. The average Bonchev–Trinajstić information content (AvgIpc) is 2.90. The molecule has 3 rings (SSSR count). The summed E-state index contributed by atoms with van der Waals surface area (Å²) in [6, 6.07) is 6.86. The van der Waals surface area contributed by atoms with Crippen molar-refractivity contribution in [2.75, 3.05) is 23.9 Å². The summed E-state index contributed by atoms with van der Waals surface area (Å²) in [6.07, 6.45) is 6.02. The number of hydrogen-bond acceptors (Lipinski definition) is 3. The van der Waals surface area contributed by atoms with E-state index >= 15 is 0 Å². The van der Waals surface area contributed by atoms with E-state index in [1.54, 1.807) is 14.0 Å². The van der Waals surface area contributed by atoms with Crippen molar-refractivity contribution in [1.29, 1.82) is 0 Å². The van der Waals surface area contributed by atoms with Gasteiger partial charge in [0.1, 0.15) is 0 Å². The lowest BCUT2D eigenvalue weighted by molar-refractivity contribution is -0.116. The average molecular weight is 288 g/mol. The second kappa shape index (κ2) is 6.06. The van der Waals surface area contributed by atoms with E-state index in [1.807, 2.05) is 4.90 Å². The molecule has 0 spiro atoms. The maximum absolute atomic E-state index is 11.6. The number of carbonyl (C=O) groups is 1. The molecule has 2 aliphatic rings. The standard InChI is InChI=1S/C17H24N2O2/c1-12(20)19-9-8-13-10-15(6-7-17(13)19)18-14-4-3-5-16(11-14)21-2/h6-7,10,14,16,18H,3-5,8-9,11H2,1-2H3. The third kappa shape index (κ3) is 3.05. The van der Waals surface area contributed by atoms with E-state index in [1.165, 1.54) is 30.5 Å². The molecule has 0 saturated heterocycles. The van der Waals surface area contributed by atoms with Crippen molar-refractivity contribution < 1.29 is 9.53 Å². The maximum Gasteiger partial charge on any atom is 0.223 e. The zero-order chi connectivity index (χ0) is 14.8. The first-order valence-corrected chi connectivity index (χ1v) is 7.87. The zero-order valence-corrected chi connectivity index (χ0v) is 12.9. The highest BCUT2D eigenvalue weighted by molar-refractivity contribution is 5.94. The smallest absolute Gasteiger partial charge is 0.223 e. The van der Waals surface area contributed by atoms with Crippen LogP contribution in [0.2, 0.25) is 0 Å². The summed E-state index contributed by atoms with van der Waals surface area (Å²) in [5.74, 6) is 0.129. The first-order chi connectivity index (χ1) is 10.2. The van der Waals surface area contributed by atoms with Crippen LogP contribution in [0.3, 0.4) is 0 Å². The van der Waals surface area contributed by atoms with Crippen LogP contribution in [0.15, 0.2) is 18.2 Å². The van der Waals surface area contributed by atoms with Gasteiger partial charge in [0.2, 0.25) is 5.91 Å². The Balaban J connectivity index is 1.69. The van der Waals surface area contributed by atoms with E-state index in [0.717, 1.165) is 25.1 Å². The van der Waals surface area contributed by atoms with Crippen LogP contribution in [0.25, 0.3) is 0 Å². The Bertz CT molecular complexity index is 530. The molecule has 0 aromatic heterocycles. The quantitative estimate of drug-likeness (QED) is 0.929.